The summed E-state index contributed by atoms with van der Waals surface area (Å²) in [4.78, 5) is 2.66. The number of hydrogen-bond donors (Lipinski definition) is 2. The van der Waals surface area contributed by atoms with Crippen LogP contribution in [0.15, 0.2) is 46.2 Å². The van der Waals surface area contributed by atoms with Crippen molar-refractivity contribution in [3.05, 3.63) is 36.4 Å². The Balaban J connectivity index is 1.31. The molecular formula is C20H24O2S6. The van der Waals surface area contributed by atoms with E-state index < -0.39 is 0 Å². The van der Waals surface area contributed by atoms with Gasteiger partial charge >= 0.3 is 0 Å². The number of benzene rings is 2. The summed E-state index contributed by atoms with van der Waals surface area (Å²) < 4.78 is 1.18. The van der Waals surface area contributed by atoms with Gasteiger partial charge in [-0.1, -0.05) is 12.1 Å². The minimum Gasteiger partial charge on any atom is -0.395 e. The zero-order valence-electron chi connectivity index (χ0n) is 15.4. The van der Waals surface area contributed by atoms with Crippen molar-refractivity contribution in [2.24, 2.45) is 0 Å². The molecule has 2 N–H and O–H groups in total. The first-order chi connectivity index (χ1) is 13.7. The lowest BCUT2D eigenvalue weighted by Gasteiger charge is -2.11. The first-order valence-electron chi connectivity index (χ1n) is 9.29. The summed E-state index contributed by atoms with van der Waals surface area (Å²) in [5, 5.41) is 22.0. The molecule has 0 amide bonds. The standard InChI is InChI=1S/C20H24O2S6/c21-7-17-9-25-19(27-17)11-23-15-3-1-13-5-16(4-2-14(13)6-15)24-12-20-26-10-18(8-22)28-20/h1-6,17-22H,7-12H2. The quantitative estimate of drug-likeness (QED) is 0.482. The highest BCUT2D eigenvalue weighted by atomic mass is 32.2. The summed E-state index contributed by atoms with van der Waals surface area (Å²) in [7, 11) is 0. The van der Waals surface area contributed by atoms with Crippen molar-refractivity contribution in [3.63, 3.8) is 0 Å². The van der Waals surface area contributed by atoms with Crippen molar-refractivity contribution in [1.29, 1.82) is 0 Å². The molecule has 0 spiro atoms. The molecule has 0 bridgehead atoms. The maximum Gasteiger partial charge on any atom is 0.0600 e. The Hall–Kier alpha value is 0.720. The van der Waals surface area contributed by atoms with E-state index in [4.69, 9.17) is 0 Å². The highest BCUT2D eigenvalue weighted by Crippen LogP contribution is 2.42. The molecule has 2 nitrogen and oxygen atoms in total. The van der Waals surface area contributed by atoms with Crippen LogP contribution >= 0.6 is 70.6 Å². The predicted molar refractivity (Wildman–Crippen MR) is 135 cm³/mol. The van der Waals surface area contributed by atoms with Crippen LogP contribution in [0.25, 0.3) is 10.8 Å². The van der Waals surface area contributed by atoms with Gasteiger partial charge in [-0.3, -0.25) is 0 Å². The van der Waals surface area contributed by atoms with Crippen molar-refractivity contribution in [2.75, 3.05) is 36.2 Å². The van der Waals surface area contributed by atoms with Crippen LogP contribution < -0.4 is 0 Å². The van der Waals surface area contributed by atoms with Gasteiger partial charge in [0.25, 0.3) is 0 Å². The highest BCUT2D eigenvalue weighted by molar-refractivity contribution is 8.22. The van der Waals surface area contributed by atoms with Crippen molar-refractivity contribution in [1.82, 2.24) is 0 Å². The minimum absolute atomic E-state index is 0.301. The molecule has 0 radical (unpaired) electrons. The van der Waals surface area contributed by atoms with Gasteiger partial charge in [-0.15, -0.1) is 70.6 Å². The number of aliphatic hydroxyl groups excluding tert-OH is 2. The third kappa shape index (κ3) is 5.90. The van der Waals surface area contributed by atoms with E-state index in [0.717, 1.165) is 23.0 Å². The number of thioether (sulfide) groups is 6. The molecule has 28 heavy (non-hydrogen) atoms. The predicted octanol–water partition coefficient (Wildman–Crippen LogP) is 5.36. The van der Waals surface area contributed by atoms with Crippen molar-refractivity contribution >= 4 is 81.3 Å². The second-order valence-electron chi connectivity index (χ2n) is 6.70. The van der Waals surface area contributed by atoms with Gasteiger partial charge in [0.2, 0.25) is 0 Å². The van der Waals surface area contributed by atoms with Gasteiger partial charge in [0.1, 0.15) is 0 Å². The van der Waals surface area contributed by atoms with E-state index in [1.165, 1.54) is 20.6 Å². The highest BCUT2D eigenvalue weighted by Gasteiger charge is 2.26. The smallest absolute Gasteiger partial charge is 0.0600 e. The molecule has 152 valence electrons. The number of hydrogen-bond acceptors (Lipinski definition) is 8. The van der Waals surface area contributed by atoms with Crippen LogP contribution in [0.1, 0.15) is 0 Å². The first-order valence-corrected chi connectivity index (χ1v) is 15.2. The second-order valence-corrected chi connectivity index (χ2v) is 15.0. The summed E-state index contributed by atoms with van der Waals surface area (Å²) >= 11 is 11.7. The van der Waals surface area contributed by atoms with Crippen molar-refractivity contribution < 1.29 is 10.2 Å². The molecule has 4 rings (SSSR count). The van der Waals surface area contributed by atoms with E-state index in [0.29, 0.717) is 32.9 Å². The van der Waals surface area contributed by atoms with Gasteiger partial charge in [-0.2, -0.15) is 0 Å². The van der Waals surface area contributed by atoms with E-state index in [-0.39, 0.29) is 0 Å². The fourth-order valence-corrected chi connectivity index (χ4v) is 12.0. The van der Waals surface area contributed by atoms with Crippen LogP contribution in [0.5, 0.6) is 0 Å². The van der Waals surface area contributed by atoms with Gasteiger partial charge in [-0.25, -0.2) is 0 Å². The van der Waals surface area contributed by atoms with E-state index in [2.05, 4.69) is 36.4 Å². The Labute approximate surface area is 192 Å². The van der Waals surface area contributed by atoms with Crippen LogP contribution in [0, 0.1) is 0 Å². The Morgan fingerprint density at radius 1 is 0.750 bits per heavy atom. The van der Waals surface area contributed by atoms with Crippen LogP contribution in [0.2, 0.25) is 0 Å². The lowest BCUT2D eigenvalue weighted by molar-refractivity contribution is 0.301. The minimum atomic E-state index is 0.301. The average Bonchev–Trinajstić information content (AvgIpc) is 3.39. The number of fused-ring (bicyclic) bond motifs is 1. The van der Waals surface area contributed by atoms with Gasteiger partial charge < -0.3 is 10.2 Å². The lowest BCUT2D eigenvalue weighted by Crippen LogP contribution is -2.06. The van der Waals surface area contributed by atoms with Crippen molar-refractivity contribution in [3.8, 4) is 0 Å². The van der Waals surface area contributed by atoms with Crippen LogP contribution in [-0.4, -0.2) is 66.1 Å². The second kappa shape index (κ2) is 10.8. The molecule has 8 heteroatoms. The molecule has 2 aromatic carbocycles. The summed E-state index contributed by atoms with van der Waals surface area (Å²) in [5.41, 5.74) is 0. The summed E-state index contributed by atoms with van der Waals surface area (Å²) in [6.07, 6.45) is 0. The first kappa shape index (κ1) is 21.9. The Morgan fingerprint density at radius 3 is 1.61 bits per heavy atom. The summed E-state index contributed by atoms with van der Waals surface area (Å²) in [6.45, 7) is 0.602. The third-order valence-electron chi connectivity index (χ3n) is 4.59. The molecular weight excluding hydrogens is 465 g/mol. The van der Waals surface area contributed by atoms with E-state index in [9.17, 15) is 10.2 Å². The monoisotopic (exact) mass is 488 g/mol. The molecule has 2 aliphatic heterocycles. The maximum atomic E-state index is 9.28. The van der Waals surface area contributed by atoms with Crippen LogP contribution in [0.4, 0.5) is 0 Å². The molecule has 0 aromatic heterocycles. The number of rotatable bonds is 8. The molecule has 4 atom stereocenters. The SMILES string of the molecule is OCC1CSC(CSc2ccc3cc(SCC4SCC(CO)S4)ccc3c2)S1. The number of aliphatic hydroxyl groups is 2. The largest absolute Gasteiger partial charge is 0.395 e. The van der Waals surface area contributed by atoms with E-state index >= 15 is 0 Å². The zero-order valence-corrected chi connectivity index (χ0v) is 20.3. The van der Waals surface area contributed by atoms with E-state index in [1.54, 1.807) is 0 Å². The normalized spacial score (nSPS) is 27.6. The molecule has 2 fully saturated rings. The van der Waals surface area contributed by atoms with Gasteiger partial charge in [0.05, 0.1) is 22.4 Å². The molecule has 2 aliphatic rings. The Kier molecular flexibility index (Phi) is 8.49. The molecule has 2 aromatic rings. The van der Waals surface area contributed by atoms with Gasteiger partial charge in [0.15, 0.2) is 0 Å². The van der Waals surface area contributed by atoms with Crippen LogP contribution in [0.3, 0.4) is 0 Å². The average molecular weight is 489 g/mol. The topological polar surface area (TPSA) is 40.5 Å². The molecule has 4 unspecified atom stereocenters. The molecule has 0 saturated carbocycles. The molecule has 0 aliphatic carbocycles. The summed E-state index contributed by atoms with van der Waals surface area (Å²) in [5.74, 6) is 4.33. The fraction of sp³-hybridized carbons (Fsp3) is 0.500. The molecule has 2 heterocycles. The van der Waals surface area contributed by atoms with Gasteiger partial charge in [-0.05, 0) is 35.0 Å². The summed E-state index contributed by atoms with van der Waals surface area (Å²) in [6, 6.07) is 13.6. The third-order valence-corrected chi connectivity index (χ3v) is 14.1. The maximum absolute atomic E-state index is 9.28. The van der Waals surface area contributed by atoms with Crippen LogP contribution in [-0.2, 0) is 0 Å². The van der Waals surface area contributed by atoms with E-state index in [1.807, 2.05) is 70.6 Å². The zero-order chi connectivity index (χ0) is 19.3. The lowest BCUT2D eigenvalue weighted by atomic mass is 10.1. The molecule has 2 saturated heterocycles. The Bertz CT molecular complexity index is 723. The fourth-order valence-electron chi connectivity index (χ4n) is 3.09. The van der Waals surface area contributed by atoms with Gasteiger partial charge in [0, 0.05) is 43.3 Å². The Morgan fingerprint density at radius 2 is 1.21 bits per heavy atom. The van der Waals surface area contributed by atoms with Crippen molar-refractivity contribution in [2.45, 2.75) is 29.5 Å².